The van der Waals surface area contributed by atoms with Crippen molar-refractivity contribution in [2.45, 2.75) is 64.7 Å². The maximum atomic E-state index is 14.4. The minimum atomic E-state index is -0.251. The minimum absolute atomic E-state index is 0.212. The molecule has 5 unspecified atom stereocenters. The molecular weight excluding hydrogens is 297 g/mol. The highest BCUT2D eigenvalue weighted by atomic mass is 19.1. The van der Waals surface area contributed by atoms with E-state index in [9.17, 15) is 4.39 Å². The van der Waals surface area contributed by atoms with E-state index in [-0.39, 0.29) is 11.4 Å². The first-order valence-corrected chi connectivity index (χ1v) is 9.86. The van der Waals surface area contributed by atoms with Crippen LogP contribution in [0.1, 0.15) is 68.6 Å². The van der Waals surface area contributed by atoms with Crippen molar-refractivity contribution in [1.82, 2.24) is 0 Å². The Hall–Kier alpha value is -1.36. The maximum Gasteiger partial charge on any atom is 0.144 e. The first-order valence-electron chi connectivity index (χ1n) is 9.86. The van der Waals surface area contributed by atoms with Crippen LogP contribution in [-0.2, 0) is 12.8 Å². The fourth-order valence-electron chi connectivity index (χ4n) is 5.91. The molecule has 5 atom stereocenters. The van der Waals surface area contributed by atoms with E-state index in [0.717, 1.165) is 54.4 Å². The van der Waals surface area contributed by atoms with Gasteiger partial charge in [0.1, 0.15) is 11.9 Å². The largest absolute Gasteiger partial charge is 0.205 e. The number of hydrogen-bond donors (Lipinski definition) is 0. The zero-order valence-electron chi connectivity index (χ0n) is 14.7. The molecule has 1 aromatic rings. The second-order valence-electron chi connectivity index (χ2n) is 8.69. The lowest BCUT2D eigenvalue weighted by atomic mass is 9.61. The molecule has 1 aromatic carbocycles. The Kier molecular flexibility index (Phi) is 4.37. The number of nitriles is 1. The van der Waals surface area contributed by atoms with E-state index >= 15 is 0 Å². The van der Waals surface area contributed by atoms with E-state index in [1.807, 2.05) is 12.1 Å². The van der Waals surface area contributed by atoms with Gasteiger partial charge in [0.05, 0.1) is 5.56 Å². The SMILES string of the molecule is CC1CCC2CC(C3CCc4c(ccc(C#N)c4F)C3)CCC2C1. The Balaban J connectivity index is 1.46. The Morgan fingerprint density at radius 2 is 1.67 bits per heavy atom. The molecule has 2 heteroatoms. The maximum absolute atomic E-state index is 14.4. The first kappa shape index (κ1) is 16.1. The van der Waals surface area contributed by atoms with Gasteiger partial charge in [0.15, 0.2) is 0 Å². The number of hydrogen-bond acceptors (Lipinski definition) is 1. The van der Waals surface area contributed by atoms with Gasteiger partial charge in [-0.2, -0.15) is 5.26 Å². The van der Waals surface area contributed by atoms with Crippen LogP contribution in [0.15, 0.2) is 12.1 Å². The summed E-state index contributed by atoms with van der Waals surface area (Å²) in [5.41, 5.74) is 2.21. The Morgan fingerprint density at radius 3 is 2.46 bits per heavy atom. The summed E-state index contributed by atoms with van der Waals surface area (Å²) in [5.74, 6) is 4.19. The molecule has 2 saturated carbocycles. The molecule has 0 heterocycles. The second kappa shape index (κ2) is 6.51. The number of benzene rings is 1. The fraction of sp³-hybridized carbons (Fsp3) is 0.682. The van der Waals surface area contributed by atoms with Crippen molar-refractivity contribution in [2.75, 3.05) is 0 Å². The van der Waals surface area contributed by atoms with Crippen molar-refractivity contribution < 1.29 is 4.39 Å². The van der Waals surface area contributed by atoms with Crippen molar-refractivity contribution in [3.05, 3.63) is 34.6 Å². The lowest BCUT2D eigenvalue weighted by Gasteiger charge is -2.44. The zero-order chi connectivity index (χ0) is 16.7. The summed E-state index contributed by atoms with van der Waals surface area (Å²) in [4.78, 5) is 0. The third-order valence-electron chi connectivity index (χ3n) is 7.29. The van der Waals surface area contributed by atoms with Crippen LogP contribution in [0.2, 0.25) is 0 Å². The van der Waals surface area contributed by atoms with Gasteiger partial charge in [-0.1, -0.05) is 19.4 Å². The monoisotopic (exact) mass is 325 g/mol. The molecule has 4 rings (SSSR count). The van der Waals surface area contributed by atoms with E-state index in [2.05, 4.69) is 6.92 Å². The van der Waals surface area contributed by atoms with Crippen LogP contribution >= 0.6 is 0 Å². The summed E-state index contributed by atoms with van der Waals surface area (Å²) >= 11 is 0. The van der Waals surface area contributed by atoms with Crippen LogP contribution in [0.3, 0.4) is 0 Å². The third kappa shape index (κ3) is 2.87. The average molecular weight is 325 g/mol. The third-order valence-corrected chi connectivity index (χ3v) is 7.29. The predicted molar refractivity (Wildman–Crippen MR) is 94.0 cm³/mol. The summed E-state index contributed by atoms with van der Waals surface area (Å²) in [5, 5.41) is 9.01. The Bertz CT molecular complexity index is 659. The van der Waals surface area contributed by atoms with Crippen LogP contribution in [0.25, 0.3) is 0 Å². The zero-order valence-corrected chi connectivity index (χ0v) is 14.7. The van der Waals surface area contributed by atoms with Gasteiger partial charge in [-0.25, -0.2) is 4.39 Å². The van der Waals surface area contributed by atoms with Crippen LogP contribution in [0.4, 0.5) is 4.39 Å². The topological polar surface area (TPSA) is 23.8 Å². The lowest BCUT2D eigenvalue weighted by molar-refractivity contribution is 0.0756. The van der Waals surface area contributed by atoms with Crippen molar-refractivity contribution in [2.24, 2.45) is 29.6 Å². The molecule has 0 saturated heterocycles. The Morgan fingerprint density at radius 1 is 0.958 bits per heavy atom. The minimum Gasteiger partial charge on any atom is -0.205 e. The molecule has 2 fully saturated rings. The van der Waals surface area contributed by atoms with Gasteiger partial charge in [-0.3, -0.25) is 0 Å². The molecule has 0 spiro atoms. The molecule has 0 aliphatic heterocycles. The predicted octanol–water partition coefficient (Wildman–Crippen LogP) is 5.65. The van der Waals surface area contributed by atoms with Gasteiger partial charge in [0, 0.05) is 0 Å². The van der Waals surface area contributed by atoms with E-state index in [1.54, 1.807) is 6.07 Å². The summed E-state index contributed by atoms with van der Waals surface area (Å²) in [6.45, 7) is 2.42. The number of rotatable bonds is 1. The molecule has 3 aliphatic carbocycles. The number of fused-ring (bicyclic) bond motifs is 2. The van der Waals surface area contributed by atoms with Crippen molar-refractivity contribution >= 4 is 0 Å². The molecule has 128 valence electrons. The van der Waals surface area contributed by atoms with E-state index in [0.29, 0.717) is 0 Å². The summed E-state index contributed by atoms with van der Waals surface area (Å²) in [6, 6.07) is 5.67. The van der Waals surface area contributed by atoms with Crippen LogP contribution in [0, 0.1) is 46.7 Å². The van der Waals surface area contributed by atoms with Gasteiger partial charge >= 0.3 is 0 Å². The van der Waals surface area contributed by atoms with Gasteiger partial charge in [0.2, 0.25) is 0 Å². The molecule has 0 radical (unpaired) electrons. The average Bonchev–Trinajstić information content (AvgIpc) is 2.61. The van der Waals surface area contributed by atoms with Gasteiger partial charge in [0.25, 0.3) is 0 Å². The van der Waals surface area contributed by atoms with Gasteiger partial charge in [-0.05, 0) is 98.1 Å². The lowest BCUT2D eigenvalue weighted by Crippen LogP contribution is -2.34. The fourth-order valence-corrected chi connectivity index (χ4v) is 5.91. The van der Waals surface area contributed by atoms with Gasteiger partial charge < -0.3 is 0 Å². The molecule has 0 bridgehead atoms. The molecule has 0 aromatic heterocycles. The number of halogens is 1. The molecule has 1 nitrogen and oxygen atoms in total. The highest BCUT2D eigenvalue weighted by Crippen LogP contribution is 2.48. The van der Waals surface area contributed by atoms with E-state index in [1.165, 1.54) is 44.1 Å². The molecule has 0 amide bonds. The smallest absolute Gasteiger partial charge is 0.144 e. The van der Waals surface area contributed by atoms with Crippen LogP contribution in [0.5, 0.6) is 0 Å². The highest BCUT2D eigenvalue weighted by Gasteiger charge is 2.38. The standard InChI is InChI=1S/C22H28FN/c1-14-2-3-16-11-17(5-4-15(16)10-14)18-8-9-21-19(12-18)6-7-20(13-24)22(21)23/h6-7,14-18H,2-5,8-12H2,1H3. The normalized spacial score (nSPS) is 35.6. The van der Waals surface area contributed by atoms with Crippen molar-refractivity contribution in [1.29, 1.82) is 5.26 Å². The quantitative estimate of drug-likeness (QED) is 0.654. The van der Waals surface area contributed by atoms with Crippen molar-refractivity contribution in [3.8, 4) is 6.07 Å². The van der Waals surface area contributed by atoms with Crippen LogP contribution < -0.4 is 0 Å². The van der Waals surface area contributed by atoms with Gasteiger partial charge in [-0.15, -0.1) is 0 Å². The number of nitrogens with zero attached hydrogens (tertiary/aromatic N) is 1. The summed E-state index contributed by atoms with van der Waals surface area (Å²) in [6.07, 6.45) is 11.5. The van der Waals surface area contributed by atoms with Crippen molar-refractivity contribution in [3.63, 3.8) is 0 Å². The van der Waals surface area contributed by atoms with E-state index < -0.39 is 0 Å². The summed E-state index contributed by atoms with van der Waals surface area (Å²) < 4.78 is 14.4. The van der Waals surface area contributed by atoms with E-state index in [4.69, 9.17) is 5.26 Å². The second-order valence-corrected chi connectivity index (χ2v) is 8.69. The first-order chi connectivity index (χ1) is 11.7. The molecular formula is C22H28FN. The molecule has 24 heavy (non-hydrogen) atoms. The van der Waals surface area contributed by atoms with Crippen LogP contribution in [-0.4, -0.2) is 0 Å². The Labute approximate surface area is 145 Å². The summed E-state index contributed by atoms with van der Waals surface area (Å²) in [7, 11) is 0. The highest BCUT2D eigenvalue weighted by molar-refractivity contribution is 5.41. The molecule has 3 aliphatic rings. The molecule has 0 N–H and O–H groups in total.